The Morgan fingerprint density at radius 3 is 2.29 bits per heavy atom. The number of hydrogen-bond acceptors (Lipinski definition) is 6. The van der Waals surface area contributed by atoms with E-state index in [1.165, 1.54) is 19.3 Å². The summed E-state index contributed by atoms with van der Waals surface area (Å²) in [4.78, 5) is 31.2. The van der Waals surface area contributed by atoms with E-state index in [9.17, 15) is 9.59 Å². The third-order valence-electron chi connectivity index (χ3n) is 5.51. The summed E-state index contributed by atoms with van der Waals surface area (Å²) in [6, 6.07) is 7.04. The molecule has 3 rings (SSSR count). The standard InChI is InChI=1S/C21H32N4O3/c1-23-11-13-25(14-12-23)17-20(26)18-5-7-19(8-6-18)22-21(27)28-16-15-24-9-3-2-4-10-24/h5-8H,2-4,9-17H2,1H3,(H,22,27). The van der Waals surface area contributed by atoms with Crippen LogP contribution >= 0.6 is 0 Å². The van der Waals surface area contributed by atoms with E-state index in [0.29, 0.717) is 24.4 Å². The Balaban J connectivity index is 1.38. The number of nitrogens with zero attached hydrogens (tertiary/aromatic N) is 3. The van der Waals surface area contributed by atoms with Crippen LogP contribution in [0.5, 0.6) is 0 Å². The largest absolute Gasteiger partial charge is 0.448 e. The molecule has 0 radical (unpaired) electrons. The van der Waals surface area contributed by atoms with Gasteiger partial charge in [-0.15, -0.1) is 0 Å². The van der Waals surface area contributed by atoms with Crippen molar-refractivity contribution < 1.29 is 14.3 Å². The van der Waals surface area contributed by atoms with E-state index in [1.807, 2.05) is 0 Å². The van der Waals surface area contributed by atoms with Crippen LogP contribution in [-0.2, 0) is 4.74 Å². The Kier molecular flexibility index (Phi) is 7.82. The van der Waals surface area contributed by atoms with Crippen molar-refractivity contribution in [3.8, 4) is 0 Å². The highest BCUT2D eigenvalue weighted by atomic mass is 16.5. The van der Waals surface area contributed by atoms with Gasteiger partial charge in [0.2, 0.25) is 0 Å². The molecule has 2 aliphatic heterocycles. The fourth-order valence-corrected chi connectivity index (χ4v) is 3.64. The number of likely N-dealkylation sites (N-methyl/N-ethyl adjacent to an activating group) is 1. The van der Waals surface area contributed by atoms with Crippen molar-refractivity contribution in [3.05, 3.63) is 29.8 Å². The van der Waals surface area contributed by atoms with Gasteiger partial charge in [0.1, 0.15) is 6.61 Å². The van der Waals surface area contributed by atoms with Crippen LogP contribution in [0, 0.1) is 0 Å². The van der Waals surface area contributed by atoms with Crippen molar-refractivity contribution >= 4 is 17.6 Å². The zero-order valence-corrected chi connectivity index (χ0v) is 16.9. The summed E-state index contributed by atoms with van der Waals surface area (Å²) in [6.07, 6.45) is 3.30. The normalized spacial score (nSPS) is 19.3. The van der Waals surface area contributed by atoms with Gasteiger partial charge >= 0.3 is 6.09 Å². The molecule has 0 atom stereocenters. The second-order valence-electron chi connectivity index (χ2n) is 7.74. The molecular weight excluding hydrogens is 356 g/mol. The number of Topliss-reactive ketones (excluding diaryl/α,β-unsaturated/α-hetero) is 1. The van der Waals surface area contributed by atoms with E-state index in [1.54, 1.807) is 24.3 Å². The minimum atomic E-state index is -0.450. The van der Waals surface area contributed by atoms with Crippen LogP contribution in [0.15, 0.2) is 24.3 Å². The number of anilines is 1. The number of nitrogens with one attached hydrogen (secondary N) is 1. The number of hydrogen-bond donors (Lipinski definition) is 1. The smallest absolute Gasteiger partial charge is 0.411 e. The number of carbonyl (C=O) groups excluding carboxylic acids is 2. The van der Waals surface area contributed by atoms with Crippen LogP contribution in [0.1, 0.15) is 29.6 Å². The van der Waals surface area contributed by atoms with E-state index >= 15 is 0 Å². The number of rotatable bonds is 7. The lowest BCUT2D eigenvalue weighted by atomic mass is 10.1. The number of amides is 1. The summed E-state index contributed by atoms with van der Waals surface area (Å²) >= 11 is 0. The molecule has 0 spiro atoms. The van der Waals surface area contributed by atoms with Gasteiger partial charge in [0.05, 0.1) is 6.54 Å². The first-order valence-corrected chi connectivity index (χ1v) is 10.3. The number of likely N-dealkylation sites (tertiary alicyclic amines) is 1. The lowest BCUT2D eigenvalue weighted by Gasteiger charge is -2.31. The van der Waals surface area contributed by atoms with Crippen molar-refractivity contribution in [2.45, 2.75) is 19.3 Å². The first-order chi connectivity index (χ1) is 13.6. The third kappa shape index (κ3) is 6.58. The van der Waals surface area contributed by atoms with Gasteiger partial charge in [-0.25, -0.2) is 4.79 Å². The minimum absolute atomic E-state index is 0.111. The summed E-state index contributed by atoms with van der Waals surface area (Å²) in [6.45, 7) is 7.64. The predicted molar refractivity (Wildman–Crippen MR) is 110 cm³/mol. The van der Waals surface area contributed by atoms with Crippen LogP contribution in [-0.4, -0.2) is 92.6 Å². The maximum atomic E-state index is 12.4. The van der Waals surface area contributed by atoms with Gasteiger partial charge in [-0.2, -0.15) is 0 Å². The molecule has 2 aliphatic rings. The SMILES string of the molecule is CN1CCN(CC(=O)c2ccc(NC(=O)OCCN3CCCCC3)cc2)CC1. The van der Waals surface area contributed by atoms with Crippen molar-refractivity contribution in [1.29, 1.82) is 0 Å². The minimum Gasteiger partial charge on any atom is -0.448 e. The van der Waals surface area contributed by atoms with Gasteiger partial charge in [0.15, 0.2) is 5.78 Å². The monoisotopic (exact) mass is 388 g/mol. The fraction of sp³-hybridized carbons (Fsp3) is 0.619. The maximum absolute atomic E-state index is 12.4. The Hall–Kier alpha value is -1.96. The Morgan fingerprint density at radius 2 is 1.61 bits per heavy atom. The van der Waals surface area contributed by atoms with Gasteiger partial charge in [0, 0.05) is 44.0 Å². The molecule has 0 aliphatic carbocycles. The number of carbonyl (C=O) groups is 2. The van der Waals surface area contributed by atoms with Gasteiger partial charge in [0.25, 0.3) is 0 Å². The molecule has 1 aromatic rings. The van der Waals surface area contributed by atoms with Crippen molar-refractivity contribution in [2.75, 3.05) is 71.3 Å². The third-order valence-corrected chi connectivity index (χ3v) is 5.51. The molecule has 2 fully saturated rings. The van der Waals surface area contributed by atoms with Gasteiger partial charge in [-0.3, -0.25) is 19.9 Å². The van der Waals surface area contributed by atoms with Crippen LogP contribution in [0.2, 0.25) is 0 Å². The molecule has 2 saturated heterocycles. The maximum Gasteiger partial charge on any atom is 0.411 e. The predicted octanol–water partition coefficient (Wildman–Crippen LogP) is 2.15. The van der Waals surface area contributed by atoms with Crippen LogP contribution in [0.3, 0.4) is 0 Å². The molecule has 0 aromatic heterocycles. The van der Waals surface area contributed by atoms with Gasteiger partial charge < -0.3 is 9.64 Å². The molecule has 1 amide bonds. The molecule has 0 bridgehead atoms. The van der Waals surface area contributed by atoms with E-state index in [0.717, 1.165) is 45.8 Å². The molecule has 0 unspecified atom stereocenters. The van der Waals surface area contributed by atoms with E-state index in [4.69, 9.17) is 4.74 Å². The fourth-order valence-electron chi connectivity index (χ4n) is 3.64. The van der Waals surface area contributed by atoms with Crippen molar-refractivity contribution in [2.24, 2.45) is 0 Å². The summed E-state index contributed by atoms with van der Waals surface area (Å²) in [5.74, 6) is 0.111. The number of piperidine rings is 1. The molecule has 7 heteroatoms. The van der Waals surface area contributed by atoms with Crippen molar-refractivity contribution in [3.63, 3.8) is 0 Å². The van der Waals surface area contributed by atoms with Gasteiger partial charge in [-0.05, 0) is 57.2 Å². The Labute approximate surface area is 167 Å². The summed E-state index contributed by atoms with van der Waals surface area (Å²) < 4.78 is 5.27. The second kappa shape index (κ2) is 10.5. The number of benzene rings is 1. The zero-order chi connectivity index (χ0) is 19.8. The highest BCUT2D eigenvalue weighted by Crippen LogP contribution is 2.12. The summed E-state index contributed by atoms with van der Waals surface area (Å²) in [5.41, 5.74) is 1.31. The summed E-state index contributed by atoms with van der Waals surface area (Å²) in [7, 11) is 2.10. The van der Waals surface area contributed by atoms with E-state index < -0.39 is 6.09 Å². The highest BCUT2D eigenvalue weighted by Gasteiger charge is 2.17. The molecule has 0 saturated carbocycles. The quantitative estimate of drug-likeness (QED) is 0.722. The topological polar surface area (TPSA) is 65.1 Å². The van der Waals surface area contributed by atoms with Crippen LogP contribution in [0.25, 0.3) is 0 Å². The number of ketones is 1. The average molecular weight is 389 g/mol. The zero-order valence-electron chi connectivity index (χ0n) is 16.9. The molecule has 2 heterocycles. The van der Waals surface area contributed by atoms with E-state index in [-0.39, 0.29) is 5.78 Å². The van der Waals surface area contributed by atoms with Crippen LogP contribution in [0.4, 0.5) is 10.5 Å². The lowest BCUT2D eigenvalue weighted by Crippen LogP contribution is -2.46. The van der Waals surface area contributed by atoms with Gasteiger partial charge in [-0.1, -0.05) is 6.42 Å². The summed E-state index contributed by atoms with van der Waals surface area (Å²) in [5, 5.41) is 2.73. The first kappa shape index (κ1) is 20.8. The van der Waals surface area contributed by atoms with Crippen LogP contribution < -0.4 is 5.32 Å². The molecule has 154 valence electrons. The number of piperazine rings is 1. The first-order valence-electron chi connectivity index (χ1n) is 10.3. The molecule has 7 nitrogen and oxygen atoms in total. The molecule has 1 aromatic carbocycles. The molecular formula is C21H32N4O3. The van der Waals surface area contributed by atoms with E-state index in [2.05, 4.69) is 27.1 Å². The second-order valence-corrected chi connectivity index (χ2v) is 7.74. The highest BCUT2D eigenvalue weighted by molar-refractivity contribution is 5.98. The van der Waals surface area contributed by atoms with Crippen molar-refractivity contribution in [1.82, 2.24) is 14.7 Å². The number of ether oxygens (including phenoxy) is 1. The molecule has 1 N–H and O–H groups in total. The Morgan fingerprint density at radius 1 is 0.929 bits per heavy atom. The lowest BCUT2D eigenvalue weighted by molar-refractivity contribution is 0.0876. The molecule has 28 heavy (non-hydrogen) atoms. The average Bonchev–Trinajstić information content (AvgIpc) is 2.71. The Bertz CT molecular complexity index is 636.